The summed E-state index contributed by atoms with van der Waals surface area (Å²) in [6.07, 6.45) is 3.85. The van der Waals surface area contributed by atoms with Crippen LogP contribution in [0.5, 0.6) is 0 Å². The van der Waals surface area contributed by atoms with Crippen LogP contribution < -0.4 is 0 Å². The largest absolute Gasteiger partial charge is 0.261 e. The second kappa shape index (κ2) is 4.79. The molecule has 1 heterocycles. The van der Waals surface area contributed by atoms with Crippen LogP contribution in [0.1, 0.15) is 32.9 Å². The molecule has 0 aliphatic carbocycles. The molecule has 0 radical (unpaired) electrons. The second-order valence-corrected chi connectivity index (χ2v) is 5.39. The summed E-state index contributed by atoms with van der Waals surface area (Å²) < 4.78 is 0. The first kappa shape index (κ1) is 11.5. The maximum absolute atomic E-state index is 6.01. The number of pyridine rings is 1. The summed E-state index contributed by atoms with van der Waals surface area (Å²) in [6, 6.07) is 6.05. The highest BCUT2D eigenvalue weighted by Gasteiger charge is 2.21. The fourth-order valence-corrected chi connectivity index (χ4v) is 2.24. The molecule has 0 spiro atoms. The van der Waals surface area contributed by atoms with E-state index >= 15 is 0 Å². The van der Waals surface area contributed by atoms with Crippen LogP contribution in [0.3, 0.4) is 0 Å². The van der Waals surface area contributed by atoms with Gasteiger partial charge in [0.15, 0.2) is 0 Å². The topological polar surface area (TPSA) is 12.9 Å². The molecule has 1 atom stereocenters. The highest BCUT2D eigenvalue weighted by Crippen LogP contribution is 2.28. The maximum Gasteiger partial charge on any atom is 0.0408 e. The van der Waals surface area contributed by atoms with Crippen molar-refractivity contribution in [1.82, 2.24) is 4.98 Å². The van der Waals surface area contributed by atoms with Crippen molar-refractivity contribution < 1.29 is 0 Å². The zero-order valence-electron chi connectivity index (χ0n) is 9.13. The number of nitrogens with zero attached hydrogens (tertiary/aromatic N) is 1. The molecule has 0 fully saturated rings. The van der Waals surface area contributed by atoms with Crippen LogP contribution in [0.15, 0.2) is 24.4 Å². The lowest BCUT2D eigenvalue weighted by atomic mass is 9.83. The summed E-state index contributed by atoms with van der Waals surface area (Å²) in [6.45, 7) is 6.52. The lowest BCUT2D eigenvalue weighted by Crippen LogP contribution is -2.19. The Hall–Kier alpha value is -0.560. The quantitative estimate of drug-likeness (QED) is 0.693. The molecule has 0 saturated carbocycles. The van der Waals surface area contributed by atoms with E-state index in [-0.39, 0.29) is 10.8 Å². The Bertz CT molecular complexity index is 267. The lowest BCUT2D eigenvalue weighted by Gasteiger charge is -2.25. The third-order valence-electron chi connectivity index (χ3n) is 2.22. The minimum Gasteiger partial charge on any atom is -0.261 e. The first-order valence-electron chi connectivity index (χ1n) is 5.03. The Morgan fingerprint density at radius 1 is 1.43 bits per heavy atom. The summed E-state index contributed by atoms with van der Waals surface area (Å²) in [5, 5.41) is 0.230. The highest BCUT2D eigenvalue weighted by molar-refractivity contribution is 6.20. The Morgan fingerprint density at radius 2 is 2.14 bits per heavy atom. The van der Waals surface area contributed by atoms with E-state index in [1.807, 2.05) is 25.3 Å². The number of rotatable bonds is 4. The predicted molar refractivity (Wildman–Crippen MR) is 61.7 cm³/mol. The fourth-order valence-electron chi connectivity index (χ4n) is 1.83. The lowest BCUT2D eigenvalue weighted by molar-refractivity contribution is 0.328. The average molecular weight is 212 g/mol. The smallest absolute Gasteiger partial charge is 0.0408 e. The number of halogens is 1. The van der Waals surface area contributed by atoms with Crippen molar-refractivity contribution in [1.29, 1.82) is 0 Å². The first-order chi connectivity index (χ1) is 6.49. The predicted octanol–water partition coefficient (Wildman–Crippen LogP) is 3.67. The molecule has 0 saturated heterocycles. The van der Waals surface area contributed by atoms with Gasteiger partial charge in [-0.1, -0.05) is 19.9 Å². The van der Waals surface area contributed by atoms with Crippen molar-refractivity contribution in [3.05, 3.63) is 30.1 Å². The molecule has 0 amide bonds. The van der Waals surface area contributed by atoms with Gasteiger partial charge in [-0.2, -0.15) is 0 Å². The normalized spacial score (nSPS) is 14.0. The molecule has 2 heteroatoms. The van der Waals surface area contributed by atoms with E-state index in [4.69, 9.17) is 11.6 Å². The molecule has 0 aromatic carbocycles. The first-order valence-corrected chi connectivity index (χ1v) is 5.47. The molecule has 0 bridgehead atoms. The third-order valence-corrected chi connectivity index (χ3v) is 2.37. The van der Waals surface area contributed by atoms with Crippen molar-refractivity contribution in [2.75, 3.05) is 0 Å². The average Bonchev–Trinajstić information content (AvgIpc) is 2.02. The SMILES string of the molecule is CC(Cl)CC(C)(C)Cc1ccccn1. The van der Waals surface area contributed by atoms with Gasteiger partial charge in [0.05, 0.1) is 0 Å². The van der Waals surface area contributed by atoms with Gasteiger partial charge >= 0.3 is 0 Å². The number of hydrogen-bond donors (Lipinski definition) is 0. The van der Waals surface area contributed by atoms with Gasteiger partial charge in [0, 0.05) is 17.3 Å². The third kappa shape index (κ3) is 4.10. The zero-order valence-corrected chi connectivity index (χ0v) is 9.88. The number of alkyl halides is 1. The van der Waals surface area contributed by atoms with E-state index in [0.717, 1.165) is 18.5 Å². The van der Waals surface area contributed by atoms with E-state index in [1.165, 1.54) is 0 Å². The van der Waals surface area contributed by atoms with E-state index in [0.29, 0.717) is 0 Å². The molecule has 0 N–H and O–H groups in total. The molecule has 14 heavy (non-hydrogen) atoms. The van der Waals surface area contributed by atoms with Gasteiger partial charge in [-0.3, -0.25) is 4.98 Å². The molecule has 1 nitrogen and oxygen atoms in total. The van der Waals surface area contributed by atoms with E-state index in [2.05, 4.69) is 24.9 Å². The van der Waals surface area contributed by atoms with Gasteiger partial charge < -0.3 is 0 Å². The maximum atomic E-state index is 6.01. The molecule has 0 aliphatic heterocycles. The summed E-state index contributed by atoms with van der Waals surface area (Å²) in [7, 11) is 0. The number of hydrogen-bond acceptors (Lipinski definition) is 1. The van der Waals surface area contributed by atoms with Crippen LogP contribution in [0.4, 0.5) is 0 Å². The molecule has 1 unspecified atom stereocenters. The van der Waals surface area contributed by atoms with E-state index < -0.39 is 0 Å². The van der Waals surface area contributed by atoms with Crippen molar-refractivity contribution >= 4 is 11.6 Å². The Morgan fingerprint density at radius 3 is 2.64 bits per heavy atom. The summed E-state index contributed by atoms with van der Waals surface area (Å²) in [5.41, 5.74) is 1.38. The zero-order chi connectivity index (χ0) is 10.6. The monoisotopic (exact) mass is 211 g/mol. The van der Waals surface area contributed by atoms with Gasteiger partial charge in [0.25, 0.3) is 0 Å². The Kier molecular flexibility index (Phi) is 3.94. The molecule has 1 aromatic heterocycles. The number of aromatic nitrogens is 1. The fraction of sp³-hybridized carbons (Fsp3) is 0.583. The summed E-state index contributed by atoms with van der Waals surface area (Å²) in [4.78, 5) is 4.33. The molecule has 1 rings (SSSR count). The Labute approximate surface area is 91.5 Å². The minimum absolute atomic E-state index is 0.230. The summed E-state index contributed by atoms with van der Waals surface area (Å²) in [5.74, 6) is 0. The van der Waals surface area contributed by atoms with Crippen LogP contribution in [0.25, 0.3) is 0 Å². The molecular formula is C12H18ClN. The van der Waals surface area contributed by atoms with Gasteiger partial charge in [-0.15, -0.1) is 11.6 Å². The molecule has 0 aliphatic rings. The van der Waals surface area contributed by atoms with Gasteiger partial charge in [0.2, 0.25) is 0 Å². The van der Waals surface area contributed by atoms with Gasteiger partial charge in [-0.05, 0) is 37.3 Å². The second-order valence-electron chi connectivity index (χ2n) is 4.65. The van der Waals surface area contributed by atoms with Crippen LogP contribution >= 0.6 is 11.6 Å². The van der Waals surface area contributed by atoms with Crippen molar-refractivity contribution in [2.24, 2.45) is 5.41 Å². The Balaban J connectivity index is 2.59. The van der Waals surface area contributed by atoms with Crippen LogP contribution in [-0.2, 0) is 6.42 Å². The van der Waals surface area contributed by atoms with Crippen molar-refractivity contribution in [3.8, 4) is 0 Å². The summed E-state index contributed by atoms with van der Waals surface area (Å²) >= 11 is 6.01. The highest BCUT2D eigenvalue weighted by atomic mass is 35.5. The van der Waals surface area contributed by atoms with E-state index in [1.54, 1.807) is 0 Å². The molecule has 1 aromatic rings. The molecular weight excluding hydrogens is 194 g/mol. The van der Waals surface area contributed by atoms with Crippen LogP contribution in [0.2, 0.25) is 0 Å². The van der Waals surface area contributed by atoms with Crippen molar-refractivity contribution in [3.63, 3.8) is 0 Å². The standard InChI is InChI=1S/C12H18ClN/c1-10(13)8-12(2,3)9-11-6-4-5-7-14-11/h4-7,10H,8-9H2,1-3H3. The van der Waals surface area contributed by atoms with Gasteiger partial charge in [0.1, 0.15) is 0 Å². The minimum atomic E-state index is 0.230. The van der Waals surface area contributed by atoms with Crippen LogP contribution in [0, 0.1) is 5.41 Å². The van der Waals surface area contributed by atoms with E-state index in [9.17, 15) is 0 Å². The van der Waals surface area contributed by atoms with Crippen LogP contribution in [-0.4, -0.2) is 10.4 Å². The van der Waals surface area contributed by atoms with Crippen molar-refractivity contribution in [2.45, 2.75) is 39.0 Å². The molecule has 78 valence electrons. The van der Waals surface area contributed by atoms with Gasteiger partial charge in [-0.25, -0.2) is 0 Å².